The maximum absolute atomic E-state index is 10.5. The molecule has 0 radical (unpaired) electrons. The summed E-state index contributed by atoms with van der Waals surface area (Å²) in [6.07, 6.45) is 0. The Morgan fingerprint density at radius 1 is 1.71 bits per heavy atom. The van der Waals surface area contributed by atoms with Gasteiger partial charge in [0.05, 0.1) is 5.88 Å². The summed E-state index contributed by atoms with van der Waals surface area (Å²) in [4.78, 5) is 0. The largest absolute Gasteiger partial charge is 0.309 e. The summed E-state index contributed by atoms with van der Waals surface area (Å²) in [5, 5.41) is 2.82. The Kier molecular flexibility index (Phi) is 4.34. The fourth-order valence-corrected chi connectivity index (χ4v) is 0.789. The van der Waals surface area contributed by atoms with Crippen molar-refractivity contribution in [2.24, 2.45) is 0 Å². The fraction of sp³-hybridized carbons (Fsp3) is 1.00. The van der Waals surface area contributed by atoms with Crippen LogP contribution in [0, 0.1) is 0 Å². The molecule has 0 spiro atoms. The van der Waals surface area contributed by atoms with E-state index in [1.54, 1.807) is 7.05 Å². The van der Waals surface area contributed by atoms with E-state index in [0.717, 1.165) is 5.75 Å². The summed E-state index contributed by atoms with van der Waals surface area (Å²) in [6, 6.07) is 0. The Morgan fingerprint density at radius 3 is 2.43 bits per heavy atom. The first-order chi connectivity index (χ1) is 3.31. The summed E-state index contributed by atoms with van der Waals surface area (Å²) in [5.74, 6) is 1.37. The predicted molar refractivity (Wildman–Crippen MR) is 32.6 cm³/mol. The lowest BCUT2D eigenvalue weighted by Gasteiger charge is -1.92. The van der Waals surface area contributed by atoms with Gasteiger partial charge in [-0.2, -0.15) is 0 Å². The van der Waals surface area contributed by atoms with Gasteiger partial charge in [0.1, 0.15) is 0 Å². The normalized spacial score (nSPS) is 14.0. The Labute approximate surface area is 46.8 Å². The minimum atomic E-state index is -0.638. The first-order valence-corrected chi connectivity index (χ1v) is 3.79. The average molecular weight is 121 g/mol. The van der Waals surface area contributed by atoms with Crippen molar-refractivity contribution in [1.82, 2.24) is 5.32 Å². The highest BCUT2D eigenvalue weighted by Crippen LogP contribution is 1.73. The minimum absolute atomic E-state index is 0.622. The molecule has 1 atom stereocenters. The average Bonchev–Trinajstić information content (AvgIpc) is 1.68. The maximum Gasteiger partial charge on any atom is 0.0720 e. The van der Waals surface area contributed by atoms with E-state index in [1.807, 2.05) is 6.92 Å². The second kappa shape index (κ2) is 4.27. The fourth-order valence-electron chi connectivity index (χ4n) is 0.263. The molecule has 0 aliphatic rings. The number of nitrogens with one attached hydrogen (secondary N) is 1. The van der Waals surface area contributed by atoms with Crippen LogP contribution in [0.1, 0.15) is 6.92 Å². The van der Waals surface area contributed by atoms with Crippen LogP contribution in [-0.2, 0) is 10.8 Å². The van der Waals surface area contributed by atoms with E-state index in [2.05, 4.69) is 5.32 Å². The highest BCUT2D eigenvalue weighted by atomic mass is 32.2. The molecule has 0 amide bonds. The van der Waals surface area contributed by atoms with Crippen molar-refractivity contribution in [3.05, 3.63) is 0 Å². The molecule has 0 aliphatic carbocycles. The van der Waals surface area contributed by atoms with Gasteiger partial charge in [-0.05, 0) is 7.05 Å². The van der Waals surface area contributed by atoms with E-state index in [0.29, 0.717) is 5.88 Å². The summed E-state index contributed by atoms with van der Waals surface area (Å²) < 4.78 is 10.5. The quantitative estimate of drug-likeness (QED) is 0.566. The smallest absolute Gasteiger partial charge is 0.0720 e. The predicted octanol–water partition coefficient (Wildman–Crippen LogP) is -0.0681. The van der Waals surface area contributed by atoms with Gasteiger partial charge in [0.2, 0.25) is 0 Å². The Morgan fingerprint density at radius 2 is 2.29 bits per heavy atom. The summed E-state index contributed by atoms with van der Waals surface area (Å²) >= 11 is 0. The standard InChI is InChI=1S/C4H11NOS/c1-3-7(6)4-5-2/h5H,3-4H2,1-2H3. The van der Waals surface area contributed by atoms with Crippen molar-refractivity contribution in [1.29, 1.82) is 0 Å². The summed E-state index contributed by atoms with van der Waals surface area (Å²) in [6.45, 7) is 1.91. The summed E-state index contributed by atoms with van der Waals surface area (Å²) in [7, 11) is 1.16. The Hall–Kier alpha value is 0.110. The molecule has 0 bridgehead atoms. The highest BCUT2D eigenvalue weighted by Gasteiger charge is 1.87. The first-order valence-electron chi connectivity index (χ1n) is 2.30. The molecular formula is C4H11NOS. The number of hydrogen-bond donors (Lipinski definition) is 1. The second-order valence-corrected chi connectivity index (χ2v) is 2.97. The molecule has 0 aliphatic heterocycles. The third kappa shape index (κ3) is 3.95. The molecule has 0 saturated carbocycles. The lowest BCUT2D eigenvalue weighted by Crippen LogP contribution is -2.14. The van der Waals surface area contributed by atoms with Gasteiger partial charge in [-0.1, -0.05) is 6.92 Å². The summed E-state index contributed by atoms with van der Waals surface area (Å²) in [5.41, 5.74) is 0. The van der Waals surface area contributed by atoms with Crippen LogP contribution < -0.4 is 5.32 Å². The molecule has 0 aromatic carbocycles. The molecule has 0 fully saturated rings. The zero-order valence-corrected chi connectivity index (χ0v) is 5.55. The topological polar surface area (TPSA) is 29.1 Å². The third-order valence-electron chi connectivity index (χ3n) is 0.627. The second-order valence-electron chi connectivity index (χ2n) is 1.23. The van der Waals surface area contributed by atoms with Gasteiger partial charge in [0, 0.05) is 16.6 Å². The molecule has 0 saturated heterocycles. The number of rotatable bonds is 3. The van der Waals surface area contributed by atoms with Crippen LogP contribution in [0.2, 0.25) is 0 Å². The molecule has 0 aromatic rings. The van der Waals surface area contributed by atoms with Crippen LogP contribution in [0.15, 0.2) is 0 Å². The molecule has 2 nitrogen and oxygen atoms in total. The van der Waals surface area contributed by atoms with Crippen LogP contribution in [0.5, 0.6) is 0 Å². The van der Waals surface area contributed by atoms with Gasteiger partial charge in [-0.15, -0.1) is 0 Å². The van der Waals surface area contributed by atoms with Gasteiger partial charge < -0.3 is 5.32 Å². The van der Waals surface area contributed by atoms with Gasteiger partial charge >= 0.3 is 0 Å². The van der Waals surface area contributed by atoms with Crippen LogP contribution in [0.4, 0.5) is 0 Å². The Bertz CT molecular complexity index is 64.7. The molecule has 44 valence electrons. The van der Waals surface area contributed by atoms with E-state index in [9.17, 15) is 4.21 Å². The van der Waals surface area contributed by atoms with Gasteiger partial charge in [0.15, 0.2) is 0 Å². The van der Waals surface area contributed by atoms with Crippen LogP contribution in [0.25, 0.3) is 0 Å². The molecule has 1 unspecified atom stereocenters. The Balaban J connectivity index is 3.00. The monoisotopic (exact) mass is 121 g/mol. The van der Waals surface area contributed by atoms with Crippen molar-refractivity contribution in [2.75, 3.05) is 18.7 Å². The van der Waals surface area contributed by atoms with E-state index >= 15 is 0 Å². The van der Waals surface area contributed by atoms with Gasteiger partial charge in [-0.25, -0.2) is 0 Å². The lowest BCUT2D eigenvalue weighted by molar-refractivity contribution is 0.680. The van der Waals surface area contributed by atoms with Crippen molar-refractivity contribution in [3.8, 4) is 0 Å². The van der Waals surface area contributed by atoms with Crippen molar-refractivity contribution >= 4 is 10.8 Å². The van der Waals surface area contributed by atoms with Gasteiger partial charge in [0.25, 0.3) is 0 Å². The zero-order chi connectivity index (χ0) is 5.70. The lowest BCUT2D eigenvalue weighted by atomic mass is 11.0. The zero-order valence-electron chi connectivity index (χ0n) is 4.73. The van der Waals surface area contributed by atoms with Crippen LogP contribution in [0.3, 0.4) is 0 Å². The van der Waals surface area contributed by atoms with E-state index in [4.69, 9.17) is 0 Å². The van der Waals surface area contributed by atoms with Crippen LogP contribution >= 0.6 is 0 Å². The van der Waals surface area contributed by atoms with Crippen molar-refractivity contribution < 1.29 is 4.21 Å². The molecular weight excluding hydrogens is 110 g/mol. The van der Waals surface area contributed by atoms with E-state index in [1.165, 1.54) is 0 Å². The highest BCUT2D eigenvalue weighted by molar-refractivity contribution is 7.84. The maximum atomic E-state index is 10.5. The molecule has 0 heterocycles. The molecule has 0 aromatic heterocycles. The molecule has 7 heavy (non-hydrogen) atoms. The molecule has 1 N–H and O–H groups in total. The molecule has 0 rings (SSSR count). The SMILES string of the molecule is CCS(=O)CNC. The first kappa shape index (κ1) is 7.11. The number of hydrogen-bond acceptors (Lipinski definition) is 2. The van der Waals surface area contributed by atoms with E-state index in [-0.39, 0.29) is 0 Å². The van der Waals surface area contributed by atoms with Gasteiger partial charge in [-0.3, -0.25) is 4.21 Å². The van der Waals surface area contributed by atoms with Crippen molar-refractivity contribution in [2.45, 2.75) is 6.92 Å². The third-order valence-corrected chi connectivity index (χ3v) is 1.88. The van der Waals surface area contributed by atoms with E-state index < -0.39 is 10.8 Å². The molecule has 3 heteroatoms. The van der Waals surface area contributed by atoms with Crippen LogP contribution in [-0.4, -0.2) is 22.9 Å². The van der Waals surface area contributed by atoms with Crippen molar-refractivity contribution in [3.63, 3.8) is 0 Å². The minimum Gasteiger partial charge on any atom is -0.309 e.